The quantitative estimate of drug-likeness (QED) is 0.638. The highest BCUT2D eigenvalue weighted by atomic mass is 35.5. The Labute approximate surface area is 142 Å². The second kappa shape index (κ2) is 6.57. The van der Waals surface area contributed by atoms with Crippen molar-refractivity contribution in [3.05, 3.63) is 38.8 Å². The van der Waals surface area contributed by atoms with E-state index in [0.29, 0.717) is 26.2 Å². The lowest BCUT2D eigenvalue weighted by Gasteiger charge is -2.34. The Morgan fingerprint density at radius 2 is 2.12 bits per heavy atom. The molecule has 0 atom stereocenters. The van der Waals surface area contributed by atoms with E-state index in [1.54, 1.807) is 9.58 Å². The fourth-order valence-electron chi connectivity index (χ4n) is 2.65. The van der Waals surface area contributed by atoms with Crippen molar-refractivity contribution in [2.45, 2.75) is 6.54 Å². The Morgan fingerprint density at radius 1 is 1.42 bits per heavy atom. The van der Waals surface area contributed by atoms with Gasteiger partial charge in [-0.3, -0.25) is 14.4 Å². The number of aromatic amines is 1. The smallest absolute Gasteiger partial charge is 0.358 e. The minimum absolute atomic E-state index is 0.107. The van der Waals surface area contributed by atoms with Gasteiger partial charge in [-0.25, -0.2) is 0 Å². The van der Waals surface area contributed by atoms with Gasteiger partial charge in [0.25, 0.3) is 5.91 Å². The van der Waals surface area contributed by atoms with Crippen LogP contribution in [0.25, 0.3) is 0 Å². The molecule has 1 saturated heterocycles. The summed E-state index contributed by atoms with van der Waals surface area (Å²) < 4.78 is 1.75. The maximum absolute atomic E-state index is 12.4. The summed E-state index contributed by atoms with van der Waals surface area (Å²) in [6, 6.07) is 0. The van der Waals surface area contributed by atoms with Crippen LogP contribution in [-0.4, -0.2) is 66.8 Å². The van der Waals surface area contributed by atoms with E-state index in [2.05, 4.69) is 20.2 Å². The van der Waals surface area contributed by atoms with Gasteiger partial charge in [-0.15, -0.1) is 5.10 Å². The number of nitrogens with zero attached hydrogens (tertiary/aromatic N) is 6. The molecule has 1 aliphatic rings. The first-order chi connectivity index (χ1) is 11.5. The fourth-order valence-corrected chi connectivity index (χ4v) is 2.89. The molecule has 0 aliphatic carbocycles. The van der Waals surface area contributed by atoms with Crippen molar-refractivity contribution < 1.29 is 9.72 Å². The minimum Gasteiger partial charge on any atom is -0.358 e. The lowest BCUT2D eigenvalue weighted by Crippen LogP contribution is -2.48. The predicted molar refractivity (Wildman–Crippen MR) is 84.6 cm³/mol. The van der Waals surface area contributed by atoms with E-state index in [1.807, 2.05) is 19.4 Å². The molecule has 1 N–H and O–H groups in total. The van der Waals surface area contributed by atoms with E-state index in [-0.39, 0.29) is 10.7 Å². The Kier molecular flexibility index (Phi) is 4.49. The van der Waals surface area contributed by atoms with Gasteiger partial charge in [0, 0.05) is 51.5 Å². The third-order valence-electron chi connectivity index (χ3n) is 3.90. The summed E-state index contributed by atoms with van der Waals surface area (Å²) in [5.74, 6) is -0.861. The third kappa shape index (κ3) is 3.24. The zero-order valence-electron chi connectivity index (χ0n) is 13.0. The Morgan fingerprint density at radius 3 is 2.67 bits per heavy atom. The van der Waals surface area contributed by atoms with Crippen molar-refractivity contribution in [1.29, 1.82) is 0 Å². The molecule has 128 valence electrons. The Bertz CT molecular complexity index is 763. The van der Waals surface area contributed by atoms with E-state index < -0.39 is 16.6 Å². The van der Waals surface area contributed by atoms with E-state index in [9.17, 15) is 14.9 Å². The molecule has 0 bridgehead atoms. The molecule has 2 aromatic heterocycles. The molecular weight excluding hydrogens is 338 g/mol. The maximum Gasteiger partial charge on any atom is 0.362 e. The number of aromatic nitrogens is 4. The molecule has 1 fully saturated rings. The average molecular weight is 354 g/mol. The number of nitrogens with one attached hydrogen (secondary N) is 1. The SMILES string of the molecule is Cn1cc(CN2CCN(C(=O)c3n[nH]c([N+](=O)[O-])c3Cl)CC2)cn1. The van der Waals surface area contributed by atoms with Gasteiger partial charge in [0.15, 0.2) is 10.7 Å². The summed E-state index contributed by atoms with van der Waals surface area (Å²) in [5.41, 5.74) is 1.01. The molecule has 0 spiro atoms. The van der Waals surface area contributed by atoms with Crippen LogP contribution in [0.2, 0.25) is 5.02 Å². The number of carbonyl (C=O) groups excluding carboxylic acids is 1. The van der Waals surface area contributed by atoms with Crippen LogP contribution in [0.15, 0.2) is 12.4 Å². The number of rotatable bonds is 4. The number of amides is 1. The molecule has 3 rings (SSSR count). The molecule has 1 aliphatic heterocycles. The Balaban J connectivity index is 1.60. The molecule has 1 amide bonds. The van der Waals surface area contributed by atoms with Crippen molar-refractivity contribution in [1.82, 2.24) is 29.8 Å². The first kappa shape index (κ1) is 16.4. The lowest BCUT2D eigenvalue weighted by atomic mass is 10.2. The van der Waals surface area contributed by atoms with Crippen LogP contribution >= 0.6 is 11.6 Å². The fraction of sp³-hybridized carbons (Fsp3) is 0.462. The number of carbonyl (C=O) groups is 1. The number of halogens is 1. The van der Waals surface area contributed by atoms with E-state index in [4.69, 9.17) is 11.6 Å². The molecule has 0 unspecified atom stereocenters. The summed E-state index contributed by atoms with van der Waals surface area (Å²) in [4.78, 5) is 26.3. The summed E-state index contributed by atoms with van der Waals surface area (Å²) in [7, 11) is 1.87. The molecule has 11 heteroatoms. The van der Waals surface area contributed by atoms with Crippen molar-refractivity contribution >= 4 is 23.3 Å². The standard InChI is InChI=1S/C13H16ClN7O3/c1-18-7-9(6-15-18)8-19-2-4-20(5-3-19)13(22)11-10(14)12(17-16-11)21(23)24/h6-7H,2-5,8H2,1H3,(H,16,17). The van der Waals surface area contributed by atoms with Gasteiger partial charge in [0.1, 0.15) is 0 Å². The number of aryl methyl sites for hydroxylation is 1. The van der Waals surface area contributed by atoms with Gasteiger partial charge in [0.2, 0.25) is 0 Å². The van der Waals surface area contributed by atoms with Crippen LogP contribution in [0.3, 0.4) is 0 Å². The zero-order valence-corrected chi connectivity index (χ0v) is 13.7. The predicted octanol–water partition coefficient (Wildman–Crippen LogP) is 0.663. The van der Waals surface area contributed by atoms with Crippen LogP contribution in [0.1, 0.15) is 16.1 Å². The number of piperazine rings is 1. The largest absolute Gasteiger partial charge is 0.362 e. The second-order valence-electron chi connectivity index (χ2n) is 5.58. The monoisotopic (exact) mass is 353 g/mol. The highest BCUT2D eigenvalue weighted by Gasteiger charge is 2.30. The van der Waals surface area contributed by atoms with Crippen LogP contribution in [-0.2, 0) is 13.6 Å². The summed E-state index contributed by atoms with van der Waals surface area (Å²) in [5, 5.41) is 20.5. The molecule has 10 nitrogen and oxygen atoms in total. The summed E-state index contributed by atoms with van der Waals surface area (Å²) >= 11 is 5.87. The highest BCUT2D eigenvalue weighted by Crippen LogP contribution is 2.26. The van der Waals surface area contributed by atoms with Gasteiger partial charge in [0.05, 0.1) is 6.20 Å². The van der Waals surface area contributed by atoms with Gasteiger partial charge in [-0.2, -0.15) is 5.10 Å². The molecular formula is C13H16ClN7O3. The highest BCUT2D eigenvalue weighted by molar-refractivity contribution is 6.35. The van der Waals surface area contributed by atoms with Crippen molar-refractivity contribution in [3.63, 3.8) is 0 Å². The van der Waals surface area contributed by atoms with E-state index in [0.717, 1.165) is 12.1 Å². The summed E-state index contributed by atoms with van der Waals surface area (Å²) in [6.07, 6.45) is 3.78. The molecule has 2 aromatic rings. The molecule has 24 heavy (non-hydrogen) atoms. The van der Waals surface area contributed by atoms with Crippen LogP contribution < -0.4 is 0 Å². The van der Waals surface area contributed by atoms with E-state index in [1.165, 1.54) is 0 Å². The van der Waals surface area contributed by atoms with Crippen LogP contribution in [0.4, 0.5) is 5.82 Å². The first-order valence-corrected chi connectivity index (χ1v) is 7.71. The van der Waals surface area contributed by atoms with E-state index >= 15 is 0 Å². The van der Waals surface area contributed by atoms with Gasteiger partial charge >= 0.3 is 5.82 Å². The number of hydrogen-bond acceptors (Lipinski definition) is 6. The first-order valence-electron chi connectivity index (χ1n) is 7.33. The molecule has 3 heterocycles. The van der Waals surface area contributed by atoms with Gasteiger partial charge < -0.3 is 15.0 Å². The van der Waals surface area contributed by atoms with Gasteiger partial charge in [-0.1, -0.05) is 16.7 Å². The topological polar surface area (TPSA) is 113 Å². The normalized spacial score (nSPS) is 15.7. The Hall–Kier alpha value is -2.46. The van der Waals surface area contributed by atoms with Crippen molar-refractivity contribution in [2.75, 3.05) is 26.2 Å². The van der Waals surface area contributed by atoms with Crippen LogP contribution in [0, 0.1) is 10.1 Å². The summed E-state index contributed by atoms with van der Waals surface area (Å²) in [6.45, 7) is 3.19. The molecule has 0 aromatic carbocycles. The van der Waals surface area contributed by atoms with Crippen LogP contribution in [0.5, 0.6) is 0 Å². The number of H-pyrrole nitrogens is 1. The zero-order chi connectivity index (χ0) is 17.3. The number of hydrogen-bond donors (Lipinski definition) is 1. The average Bonchev–Trinajstić information content (AvgIpc) is 3.13. The minimum atomic E-state index is -0.696. The van der Waals surface area contributed by atoms with Gasteiger partial charge in [-0.05, 0) is 4.92 Å². The lowest BCUT2D eigenvalue weighted by molar-refractivity contribution is -0.389. The number of nitro groups is 1. The van der Waals surface area contributed by atoms with Crippen molar-refractivity contribution in [3.8, 4) is 0 Å². The van der Waals surface area contributed by atoms with Crippen molar-refractivity contribution in [2.24, 2.45) is 7.05 Å². The molecule has 0 saturated carbocycles. The molecule has 0 radical (unpaired) electrons. The maximum atomic E-state index is 12.4. The second-order valence-corrected chi connectivity index (χ2v) is 5.96. The third-order valence-corrected chi connectivity index (χ3v) is 4.26.